The van der Waals surface area contributed by atoms with E-state index in [2.05, 4.69) is 21.8 Å². The third-order valence-corrected chi connectivity index (χ3v) is 4.50. The fraction of sp³-hybridized carbons (Fsp3) is 0.444. The summed E-state index contributed by atoms with van der Waals surface area (Å²) in [6, 6.07) is 7.49. The van der Waals surface area contributed by atoms with E-state index in [0.29, 0.717) is 12.2 Å². The summed E-state index contributed by atoms with van der Waals surface area (Å²) in [6.07, 6.45) is 2.27. The zero-order valence-electron chi connectivity index (χ0n) is 13.8. The molecule has 0 aliphatic carbocycles. The van der Waals surface area contributed by atoms with E-state index in [1.807, 2.05) is 24.3 Å². The molecule has 1 aromatic heterocycles. The van der Waals surface area contributed by atoms with Crippen LogP contribution in [-0.4, -0.2) is 67.4 Å². The Hall–Kier alpha value is -1.98. The van der Waals surface area contributed by atoms with Crippen molar-refractivity contribution in [2.24, 2.45) is 0 Å². The molecule has 0 bridgehead atoms. The number of pyridine rings is 1. The number of benzene rings is 1. The van der Waals surface area contributed by atoms with Crippen LogP contribution >= 0.6 is 0 Å². The van der Waals surface area contributed by atoms with Gasteiger partial charge in [0.25, 0.3) is 0 Å². The fourth-order valence-electron chi connectivity index (χ4n) is 3.02. The number of aromatic nitrogens is 1. The number of hydrogen-bond donors (Lipinski definition) is 0. The molecule has 2 heterocycles. The summed E-state index contributed by atoms with van der Waals surface area (Å²) in [5, 5.41) is 0.871. The van der Waals surface area contributed by atoms with Gasteiger partial charge in [0, 0.05) is 56.3 Å². The lowest BCUT2D eigenvalue weighted by Gasteiger charge is -2.32. The Morgan fingerprint density at radius 1 is 1.22 bits per heavy atom. The molecule has 23 heavy (non-hydrogen) atoms. The largest absolute Gasteiger partial charge is 0.494 e. The molecule has 5 nitrogen and oxygen atoms in total. The first-order chi connectivity index (χ1) is 11.2. The van der Waals surface area contributed by atoms with Gasteiger partial charge in [0.2, 0.25) is 0 Å². The molecule has 1 saturated heterocycles. The second-order valence-corrected chi connectivity index (χ2v) is 6.03. The van der Waals surface area contributed by atoms with Crippen LogP contribution < -0.4 is 4.74 Å². The molecule has 0 unspecified atom stereocenters. The van der Waals surface area contributed by atoms with Gasteiger partial charge < -0.3 is 14.5 Å². The summed E-state index contributed by atoms with van der Waals surface area (Å²) in [5.41, 5.74) is 1.49. The Morgan fingerprint density at radius 3 is 2.74 bits per heavy atom. The van der Waals surface area contributed by atoms with Crippen LogP contribution in [0.3, 0.4) is 0 Å². The van der Waals surface area contributed by atoms with Crippen molar-refractivity contribution in [2.45, 2.75) is 6.42 Å². The van der Waals surface area contributed by atoms with Crippen molar-refractivity contribution in [3.63, 3.8) is 0 Å². The SMILES string of the molecule is COc1ccc(C(=O)CCN2CCN(C)CC2)c2cccnc12. The number of rotatable bonds is 5. The standard InChI is InChI=1S/C18H23N3O2/c1-20-10-12-21(13-11-20)9-7-16(22)14-5-6-17(23-2)18-15(14)4-3-8-19-18/h3-6,8H,7,9-13H2,1-2H3. The third kappa shape index (κ3) is 3.51. The van der Waals surface area contributed by atoms with Gasteiger partial charge in [-0.2, -0.15) is 0 Å². The van der Waals surface area contributed by atoms with Crippen LogP contribution in [-0.2, 0) is 0 Å². The predicted octanol–water partition coefficient (Wildman–Crippen LogP) is 2.06. The molecule has 0 spiro atoms. The van der Waals surface area contributed by atoms with Gasteiger partial charge in [0.05, 0.1) is 7.11 Å². The number of carbonyl (C=O) groups excluding carboxylic acids is 1. The first-order valence-corrected chi connectivity index (χ1v) is 8.05. The third-order valence-electron chi connectivity index (χ3n) is 4.50. The monoisotopic (exact) mass is 313 g/mol. The van der Waals surface area contributed by atoms with Crippen molar-refractivity contribution in [2.75, 3.05) is 46.9 Å². The number of nitrogens with zero attached hydrogens (tertiary/aromatic N) is 3. The minimum Gasteiger partial charge on any atom is -0.494 e. The van der Waals surface area contributed by atoms with Gasteiger partial charge in [-0.3, -0.25) is 9.78 Å². The molecular formula is C18H23N3O2. The van der Waals surface area contributed by atoms with Crippen LogP contribution in [0.1, 0.15) is 16.8 Å². The van der Waals surface area contributed by atoms with Crippen LogP contribution in [0.4, 0.5) is 0 Å². The molecule has 122 valence electrons. The average molecular weight is 313 g/mol. The Bertz CT molecular complexity index is 694. The average Bonchev–Trinajstić information content (AvgIpc) is 2.60. The smallest absolute Gasteiger partial charge is 0.164 e. The molecule has 1 aromatic carbocycles. The van der Waals surface area contributed by atoms with Crippen molar-refractivity contribution in [1.29, 1.82) is 0 Å². The predicted molar refractivity (Wildman–Crippen MR) is 91.2 cm³/mol. The van der Waals surface area contributed by atoms with E-state index in [1.165, 1.54) is 0 Å². The number of methoxy groups -OCH3 is 1. The Balaban J connectivity index is 1.74. The van der Waals surface area contributed by atoms with Crippen LogP contribution in [0.25, 0.3) is 10.9 Å². The first kappa shape index (κ1) is 15.9. The molecule has 0 radical (unpaired) electrons. The van der Waals surface area contributed by atoms with Gasteiger partial charge in [0.15, 0.2) is 5.78 Å². The Morgan fingerprint density at radius 2 is 2.00 bits per heavy atom. The fourth-order valence-corrected chi connectivity index (χ4v) is 3.02. The lowest BCUT2D eigenvalue weighted by atomic mass is 10.0. The van der Waals surface area contributed by atoms with Crippen LogP contribution in [0.15, 0.2) is 30.5 Å². The maximum absolute atomic E-state index is 12.7. The van der Waals surface area contributed by atoms with E-state index in [4.69, 9.17) is 4.74 Å². The summed E-state index contributed by atoms with van der Waals surface area (Å²) in [4.78, 5) is 21.7. The summed E-state index contributed by atoms with van der Waals surface area (Å²) < 4.78 is 5.34. The molecule has 1 aliphatic rings. The maximum Gasteiger partial charge on any atom is 0.164 e. The lowest BCUT2D eigenvalue weighted by Crippen LogP contribution is -2.45. The molecule has 3 rings (SSSR count). The topological polar surface area (TPSA) is 45.7 Å². The molecular weight excluding hydrogens is 290 g/mol. The minimum atomic E-state index is 0.171. The number of ether oxygens (including phenoxy) is 1. The number of Topliss-reactive ketones (excluding diaryl/α,β-unsaturated/α-hetero) is 1. The highest BCUT2D eigenvalue weighted by Gasteiger charge is 2.17. The Kier molecular flexibility index (Phi) is 4.88. The van der Waals surface area contributed by atoms with Gasteiger partial charge in [0.1, 0.15) is 11.3 Å². The van der Waals surface area contributed by atoms with Crippen LogP contribution in [0.2, 0.25) is 0 Å². The van der Waals surface area contributed by atoms with E-state index < -0.39 is 0 Å². The molecule has 0 amide bonds. The van der Waals surface area contributed by atoms with Gasteiger partial charge in [-0.05, 0) is 25.2 Å². The number of piperazine rings is 1. The van der Waals surface area contributed by atoms with Crippen molar-refractivity contribution < 1.29 is 9.53 Å². The zero-order chi connectivity index (χ0) is 16.2. The highest BCUT2D eigenvalue weighted by molar-refractivity contribution is 6.08. The maximum atomic E-state index is 12.7. The van der Waals surface area contributed by atoms with E-state index >= 15 is 0 Å². The van der Waals surface area contributed by atoms with Gasteiger partial charge >= 0.3 is 0 Å². The van der Waals surface area contributed by atoms with Crippen molar-refractivity contribution in [1.82, 2.24) is 14.8 Å². The molecule has 1 fully saturated rings. The molecule has 1 aliphatic heterocycles. The van der Waals surface area contributed by atoms with Crippen molar-refractivity contribution in [3.05, 3.63) is 36.0 Å². The molecule has 0 saturated carbocycles. The highest BCUT2D eigenvalue weighted by atomic mass is 16.5. The van der Waals surface area contributed by atoms with Gasteiger partial charge in [-0.1, -0.05) is 6.07 Å². The lowest BCUT2D eigenvalue weighted by molar-refractivity contribution is 0.0943. The molecule has 0 N–H and O–H groups in total. The van der Waals surface area contributed by atoms with Crippen molar-refractivity contribution in [3.8, 4) is 5.75 Å². The minimum absolute atomic E-state index is 0.171. The Labute approximate surface area is 136 Å². The van der Waals surface area contributed by atoms with E-state index in [9.17, 15) is 4.79 Å². The second kappa shape index (κ2) is 7.06. The highest BCUT2D eigenvalue weighted by Crippen LogP contribution is 2.27. The number of hydrogen-bond acceptors (Lipinski definition) is 5. The number of likely N-dealkylation sites (N-methyl/N-ethyl adjacent to an activating group) is 1. The van der Waals surface area contributed by atoms with Crippen LogP contribution in [0.5, 0.6) is 5.75 Å². The normalized spacial score (nSPS) is 16.6. The second-order valence-electron chi connectivity index (χ2n) is 6.03. The number of ketones is 1. The summed E-state index contributed by atoms with van der Waals surface area (Å²) in [7, 11) is 3.76. The summed E-state index contributed by atoms with van der Waals surface area (Å²) in [5.74, 6) is 0.876. The summed E-state index contributed by atoms with van der Waals surface area (Å²) in [6.45, 7) is 5.04. The number of fused-ring (bicyclic) bond motifs is 1. The quantitative estimate of drug-likeness (QED) is 0.791. The van der Waals surface area contributed by atoms with Crippen LogP contribution in [0, 0.1) is 0 Å². The van der Waals surface area contributed by atoms with E-state index in [1.54, 1.807) is 13.3 Å². The number of carbonyl (C=O) groups is 1. The zero-order valence-corrected chi connectivity index (χ0v) is 13.8. The van der Waals surface area contributed by atoms with E-state index in [-0.39, 0.29) is 5.78 Å². The van der Waals surface area contributed by atoms with Gasteiger partial charge in [-0.25, -0.2) is 0 Å². The van der Waals surface area contributed by atoms with E-state index in [0.717, 1.165) is 49.2 Å². The summed E-state index contributed by atoms with van der Waals surface area (Å²) >= 11 is 0. The van der Waals surface area contributed by atoms with Crippen molar-refractivity contribution >= 4 is 16.7 Å². The molecule has 2 aromatic rings. The molecule has 0 atom stereocenters. The molecule has 5 heteroatoms. The van der Waals surface area contributed by atoms with Gasteiger partial charge in [-0.15, -0.1) is 0 Å². The first-order valence-electron chi connectivity index (χ1n) is 8.05.